The number of amides is 1. The Labute approximate surface area is 202 Å². The summed E-state index contributed by atoms with van der Waals surface area (Å²) in [5.74, 6) is 0.828. The van der Waals surface area contributed by atoms with Gasteiger partial charge in [0.25, 0.3) is 0 Å². The molecule has 1 fully saturated rings. The van der Waals surface area contributed by atoms with Gasteiger partial charge in [-0.2, -0.15) is 4.98 Å². The van der Waals surface area contributed by atoms with E-state index in [0.29, 0.717) is 40.4 Å². The Morgan fingerprint density at radius 1 is 1.15 bits per heavy atom. The van der Waals surface area contributed by atoms with Gasteiger partial charge >= 0.3 is 0 Å². The first-order chi connectivity index (χ1) is 16.0. The Balaban J connectivity index is 1.18. The van der Waals surface area contributed by atoms with Crippen LogP contribution >= 0.6 is 23.2 Å². The standard InChI is InChI=1S/C24H25Cl2FN4O2/c25-18-5-8-20(21(26)14-18)23-29-22(33-30-23)15-31-12-9-17(10-13-31)24(32)28-11-1-2-16-3-6-19(27)7-4-16/h3-8,14,17H,1-2,9-13,15H2,(H,28,32). The van der Waals surface area contributed by atoms with E-state index >= 15 is 0 Å². The molecule has 1 N–H and O–H groups in total. The van der Waals surface area contributed by atoms with Crippen LogP contribution in [0.4, 0.5) is 4.39 Å². The largest absolute Gasteiger partial charge is 0.356 e. The smallest absolute Gasteiger partial charge is 0.241 e. The number of piperidine rings is 1. The summed E-state index contributed by atoms with van der Waals surface area (Å²) in [5, 5.41) is 8.09. The van der Waals surface area contributed by atoms with Crippen molar-refractivity contribution in [3.63, 3.8) is 0 Å². The molecule has 6 nitrogen and oxygen atoms in total. The highest BCUT2D eigenvalue weighted by molar-refractivity contribution is 6.36. The third-order valence-electron chi connectivity index (χ3n) is 5.81. The fourth-order valence-electron chi connectivity index (χ4n) is 3.94. The monoisotopic (exact) mass is 490 g/mol. The maximum absolute atomic E-state index is 13.0. The van der Waals surface area contributed by atoms with Crippen LogP contribution in [0.5, 0.6) is 0 Å². The van der Waals surface area contributed by atoms with Crippen LogP contribution in [0.25, 0.3) is 11.4 Å². The van der Waals surface area contributed by atoms with Crippen LogP contribution < -0.4 is 5.32 Å². The number of halogens is 3. The minimum absolute atomic E-state index is 0.0122. The maximum atomic E-state index is 13.0. The first-order valence-electron chi connectivity index (χ1n) is 11.0. The highest BCUT2D eigenvalue weighted by Gasteiger charge is 2.26. The van der Waals surface area contributed by atoms with Gasteiger partial charge in [0.15, 0.2) is 0 Å². The molecule has 0 atom stereocenters. The third-order valence-corrected chi connectivity index (χ3v) is 6.36. The van der Waals surface area contributed by atoms with Crippen LogP contribution in [0.2, 0.25) is 10.0 Å². The number of carbonyl (C=O) groups is 1. The van der Waals surface area contributed by atoms with Gasteiger partial charge in [0.1, 0.15) is 5.82 Å². The van der Waals surface area contributed by atoms with Crippen LogP contribution in [0.1, 0.15) is 30.7 Å². The summed E-state index contributed by atoms with van der Waals surface area (Å²) in [4.78, 5) is 19.2. The molecule has 1 saturated heterocycles. The van der Waals surface area contributed by atoms with Crippen molar-refractivity contribution >= 4 is 29.1 Å². The molecule has 0 saturated carbocycles. The lowest BCUT2D eigenvalue weighted by Crippen LogP contribution is -2.40. The number of aryl methyl sites for hydroxylation is 1. The topological polar surface area (TPSA) is 71.3 Å². The van der Waals surface area contributed by atoms with Crippen LogP contribution in [0.3, 0.4) is 0 Å². The van der Waals surface area contributed by atoms with Gasteiger partial charge in [0.05, 0.1) is 11.6 Å². The van der Waals surface area contributed by atoms with Gasteiger partial charge in [0.2, 0.25) is 17.6 Å². The SMILES string of the molecule is O=C(NCCCc1ccc(F)cc1)C1CCN(Cc2nc(-c3ccc(Cl)cc3Cl)no2)CC1. The van der Waals surface area contributed by atoms with Gasteiger partial charge < -0.3 is 9.84 Å². The van der Waals surface area contributed by atoms with E-state index in [4.69, 9.17) is 27.7 Å². The Kier molecular flexibility index (Phi) is 7.96. The van der Waals surface area contributed by atoms with E-state index in [1.807, 2.05) is 0 Å². The Morgan fingerprint density at radius 2 is 1.91 bits per heavy atom. The molecule has 2 heterocycles. The van der Waals surface area contributed by atoms with Gasteiger partial charge in [-0.05, 0) is 74.7 Å². The molecule has 0 bridgehead atoms. The molecule has 1 aromatic heterocycles. The number of nitrogens with one attached hydrogen (secondary N) is 1. The molecule has 1 aliphatic rings. The Hall–Kier alpha value is -2.48. The third kappa shape index (κ3) is 6.53. The molecular weight excluding hydrogens is 466 g/mol. The minimum atomic E-state index is -0.233. The maximum Gasteiger partial charge on any atom is 0.241 e. The fraction of sp³-hybridized carbons (Fsp3) is 0.375. The number of likely N-dealkylation sites (tertiary alicyclic amines) is 1. The summed E-state index contributed by atoms with van der Waals surface area (Å²) in [6, 6.07) is 11.6. The summed E-state index contributed by atoms with van der Waals surface area (Å²) < 4.78 is 18.3. The second-order valence-corrected chi connectivity index (χ2v) is 9.05. The number of aromatic nitrogens is 2. The zero-order chi connectivity index (χ0) is 23.2. The number of nitrogens with zero attached hydrogens (tertiary/aromatic N) is 3. The molecule has 0 spiro atoms. The minimum Gasteiger partial charge on any atom is -0.356 e. The summed E-state index contributed by atoms with van der Waals surface area (Å²) in [7, 11) is 0. The second kappa shape index (κ2) is 11.1. The molecule has 174 valence electrons. The molecule has 4 rings (SSSR count). The molecule has 1 aliphatic heterocycles. The molecule has 2 aromatic carbocycles. The van der Waals surface area contributed by atoms with E-state index in [1.165, 1.54) is 12.1 Å². The number of benzene rings is 2. The molecule has 3 aromatic rings. The molecular formula is C24H25Cl2FN4O2. The van der Waals surface area contributed by atoms with Crippen molar-refractivity contribution in [2.24, 2.45) is 5.92 Å². The van der Waals surface area contributed by atoms with E-state index in [-0.39, 0.29) is 17.6 Å². The first kappa shape index (κ1) is 23.7. The normalized spacial score (nSPS) is 15.0. The lowest BCUT2D eigenvalue weighted by Gasteiger charge is -2.30. The first-order valence-corrected chi connectivity index (χ1v) is 11.8. The number of carbonyl (C=O) groups excluding carboxylic acids is 1. The highest BCUT2D eigenvalue weighted by Crippen LogP contribution is 2.28. The lowest BCUT2D eigenvalue weighted by atomic mass is 9.96. The van der Waals surface area contributed by atoms with E-state index in [0.717, 1.165) is 44.3 Å². The molecule has 1 amide bonds. The Bertz CT molecular complexity index is 1080. The zero-order valence-corrected chi connectivity index (χ0v) is 19.6. The average Bonchev–Trinajstić information content (AvgIpc) is 3.26. The summed E-state index contributed by atoms with van der Waals surface area (Å²) in [6.45, 7) is 2.72. The average molecular weight is 491 g/mol. The van der Waals surface area contributed by atoms with Crippen LogP contribution in [-0.2, 0) is 17.8 Å². The van der Waals surface area contributed by atoms with E-state index in [1.54, 1.807) is 30.3 Å². The zero-order valence-electron chi connectivity index (χ0n) is 18.1. The van der Waals surface area contributed by atoms with Crippen LogP contribution in [0, 0.1) is 11.7 Å². The van der Waals surface area contributed by atoms with Crippen molar-refractivity contribution in [1.29, 1.82) is 0 Å². The van der Waals surface area contributed by atoms with Crippen LogP contribution in [-0.4, -0.2) is 40.6 Å². The molecule has 33 heavy (non-hydrogen) atoms. The highest BCUT2D eigenvalue weighted by atomic mass is 35.5. The number of hydrogen-bond acceptors (Lipinski definition) is 5. The summed E-state index contributed by atoms with van der Waals surface area (Å²) >= 11 is 12.2. The van der Waals surface area contributed by atoms with Gasteiger partial charge in [-0.3, -0.25) is 9.69 Å². The predicted molar refractivity (Wildman–Crippen MR) is 125 cm³/mol. The Morgan fingerprint density at radius 3 is 2.64 bits per heavy atom. The second-order valence-electron chi connectivity index (χ2n) is 8.21. The van der Waals surface area contributed by atoms with E-state index < -0.39 is 0 Å². The molecule has 9 heteroatoms. The van der Waals surface area contributed by atoms with Crippen molar-refractivity contribution in [3.8, 4) is 11.4 Å². The fourth-order valence-corrected chi connectivity index (χ4v) is 4.44. The van der Waals surface area contributed by atoms with Gasteiger partial charge in [-0.25, -0.2) is 4.39 Å². The molecule has 0 unspecified atom stereocenters. The number of rotatable bonds is 8. The summed E-state index contributed by atoms with van der Waals surface area (Å²) in [5.41, 5.74) is 1.74. The van der Waals surface area contributed by atoms with Crippen molar-refractivity contribution < 1.29 is 13.7 Å². The summed E-state index contributed by atoms with van der Waals surface area (Å²) in [6.07, 6.45) is 3.21. The quantitative estimate of drug-likeness (QED) is 0.442. The van der Waals surface area contributed by atoms with Crippen molar-refractivity contribution in [2.45, 2.75) is 32.2 Å². The van der Waals surface area contributed by atoms with Crippen molar-refractivity contribution in [2.75, 3.05) is 19.6 Å². The van der Waals surface area contributed by atoms with E-state index in [9.17, 15) is 9.18 Å². The van der Waals surface area contributed by atoms with Crippen molar-refractivity contribution in [3.05, 3.63) is 69.8 Å². The van der Waals surface area contributed by atoms with Crippen LogP contribution in [0.15, 0.2) is 47.0 Å². The van der Waals surface area contributed by atoms with Gasteiger partial charge in [-0.15, -0.1) is 0 Å². The molecule has 0 radical (unpaired) electrons. The van der Waals surface area contributed by atoms with E-state index in [2.05, 4.69) is 20.4 Å². The lowest BCUT2D eigenvalue weighted by molar-refractivity contribution is -0.126. The number of hydrogen-bond donors (Lipinski definition) is 1. The predicted octanol–water partition coefficient (Wildman–Crippen LogP) is 5.14. The molecule has 0 aliphatic carbocycles. The van der Waals surface area contributed by atoms with Gasteiger partial charge in [0, 0.05) is 23.0 Å². The van der Waals surface area contributed by atoms with Gasteiger partial charge in [-0.1, -0.05) is 40.5 Å². The van der Waals surface area contributed by atoms with Crippen molar-refractivity contribution in [1.82, 2.24) is 20.4 Å².